The Morgan fingerprint density at radius 2 is 1.18 bits per heavy atom. The fraction of sp³-hybridized carbons (Fsp3) is 0.385. The fourth-order valence-electron chi connectivity index (χ4n) is 3.51. The quantitative estimate of drug-likeness (QED) is 0.329. The van der Waals surface area contributed by atoms with Gasteiger partial charge in [-0.05, 0) is 53.7 Å². The number of rotatable bonds is 4. The van der Waals surface area contributed by atoms with Crippen LogP contribution in [0.2, 0.25) is 5.15 Å². The van der Waals surface area contributed by atoms with Gasteiger partial charge in [0.15, 0.2) is 19.7 Å². The zero-order valence-electron chi connectivity index (χ0n) is 23.4. The maximum Gasteiger partial charge on any atom is 0.258 e. The molecule has 0 amide bonds. The molecule has 1 N–H and O–H groups in total. The summed E-state index contributed by atoms with van der Waals surface area (Å²) < 4.78 is 58.8. The summed E-state index contributed by atoms with van der Waals surface area (Å²) in [6, 6.07) is 5.81. The Bertz CT molecular complexity index is 1860. The molecule has 0 atom stereocenters. The normalized spacial score (nSPS) is 12.6. The topological polar surface area (TPSA) is 158 Å². The Morgan fingerprint density at radius 3 is 1.62 bits per heavy atom. The van der Waals surface area contributed by atoms with Crippen molar-refractivity contribution in [3.05, 3.63) is 52.4 Å². The highest BCUT2D eigenvalue weighted by Gasteiger charge is 2.35. The van der Waals surface area contributed by atoms with Crippen molar-refractivity contribution in [2.24, 2.45) is 0 Å². The number of ether oxygens (including phenoxy) is 2. The predicted molar refractivity (Wildman–Crippen MR) is 154 cm³/mol. The molecule has 2 aromatic carbocycles. The van der Waals surface area contributed by atoms with E-state index in [9.17, 15) is 21.6 Å². The number of aromatic nitrogens is 4. The third-order valence-electron chi connectivity index (χ3n) is 5.99. The summed E-state index contributed by atoms with van der Waals surface area (Å²) in [5.41, 5.74) is 0.538. The Morgan fingerprint density at radius 1 is 0.725 bits per heavy atom. The maximum atomic E-state index is 12.6. The van der Waals surface area contributed by atoms with E-state index in [1.165, 1.54) is 45.1 Å². The molecule has 0 fully saturated rings. The molecule has 40 heavy (non-hydrogen) atoms. The van der Waals surface area contributed by atoms with Crippen molar-refractivity contribution in [2.75, 3.05) is 14.2 Å². The smallest absolute Gasteiger partial charge is 0.258 e. The molecule has 0 aliphatic carbocycles. The number of sulfone groups is 2. The molecule has 0 saturated heterocycles. The first-order valence-corrected chi connectivity index (χ1v) is 15.2. The number of fused-ring (bicyclic) bond motifs is 2. The van der Waals surface area contributed by atoms with Crippen LogP contribution in [0.3, 0.4) is 0 Å². The van der Waals surface area contributed by atoms with Crippen LogP contribution in [0.15, 0.2) is 51.5 Å². The highest BCUT2D eigenvalue weighted by atomic mass is 35.5. The largest absolute Gasteiger partial charge is 0.495 e. The Kier molecular flexibility index (Phi) is 8.54. The number of nitrogens with one attached hydrogen (secondary N) is 1. The number of hydrogen-bond donors (Lipinski definition) is 1. The molecule has 216 valence electrons. The molecule has 11 nitrogen and oxygen atoms in total. The van der Waals surface area contributed by atoms with E-state index in [2.05, 4.69) is 19.9 Å². The van der Waals surface area contributed by atoms with Crippen LogP contribution in [0.25, 0.3) is 21.8 Å². The third kappa shape index (κ3) is 5.77. The minimum Gasteiger partial charge on any atom is -0.495 e. The zero-order valence-corrected chi connectivity index (χ0v) is 25.7. The highest BCUT2D eigenvalue weighted by Crippen LogP contribution is 2.36. The van der Waals surface area contributed by atoms with Crippen molar-refractivity contribution in [2.45, 2.75) is 60.8 Å². The highest BCUT2D eigenvalue weighted by molar-refractivity contribution is 7.93. The lowest BCUT2D eigenvalue weighted by Crippen LogP contribution is -2.28. The fourth-order valence-corrected chi connectivity index (χ4v) is 6.38. The number of hydrogen-bond acceptors (Lipinski definition) is 10. The van der Waals surface area contributed by atoms with Crippen LogP contribution in [-0.2, 0) is 19.7 Å². The van der Waals surface area contributed by atoms with E-state index in [1.807, 2.05) is 0 Å². The Balaban J connectivity index is 0.000000220. The summed E-state index contributed by atoms with van der Waals surface area (Å²) in [5.74, 6) is 0.438. The van der Waals surface area contributed by atoms with Crippen LogP contribution in [0.5, 0.6) is 11.5 Å². The van der Waals surface area contributed by atoms with Gasteiger partial charge >= 0.3 is 0 Å². The van der Waals surface area contributed by atoms with Gasteiger partial charge in [-0.25, -0.2) is 31.8 Å². The Hall–Kier alpha value is -3.29. The molecule has 0 bridgehead atoms. The van der Waals surface area contributed by atoms with E-state index < -0.39 is 29.2 Å². The molecule has 0 unspecified atom stereocenters. The number of aromatic amines is 1. The summed E-state index contributed by atoms with van der Waals surface area (Å²) >= 11 is 6.00. The predicted octanol–water partition coefficient (Wildman–Crippen LogP) is 4.37. The van der Waals surface area contributed by atoms with Gasteiger partial charge in [0, 0.05) is 17.5 Å². The van der Waals surface area contributed by atoms with Crippen LogP contribution in [-0.4, -0.2) is 60.5 Å². The van der Waals surface area contributed by atoms with Crippen LogP contribution in [0, 0.1) is 0 Å². The molecular weight excluding hydrogens is 580 g/mol. The second kappa shape index (κ2) is 10.9. The van der Waals surface area contributed by atoms with Gasteiger partial charge in [-0.3, -0.25) is 4.79 Å². The van der Waals surface area contributed by atoms with Crippen LogP contribution >= 0.6 is 11.6 Å². The average molecular weight is 611 g/mol. The molecule has 0 saturated carbocycles. The van der Waals surface area contributed by atoms with Gasteiger partial charge in [-0.1, -0.05) is 11.6 Å². The molecular formula is C26H31ClN4O7S2. The molecule has 0 spiro atoms. The van der Waals surface area contributed by atoms with Crippen molar-refractivity contribution < 1.29 is 26.3 Å². The molecule has 0 radical (unpaired) electrons. The first kappa shape index (κ1) is 31.2. The second-order valence-electron chi connectivity index (χ2n) is 10.7. The lowest BCUT2D eigenvalue weighted by Gasteiger charge is -2.21. The minimum atomic E-state index is -3.63. The van der Waals surface area contributed by atoms with Crippen molar-refractivity contribution in [3.63, 3.8) is 0 Å². The number of halogens is 1. The zero-order chi connectivity index (χ0) is 30.3. The summed E-state index contributed by atoms with van der Waals surface area (Å²) in [4.78, 5) is 26.2. The van der Waals surface area contributed by atoms with Gasteiger partial charge in [0.1, 0.15) is 32.8 Å². The number of methoxy groups -OCH3 is 2. The van der Waals surface area contributed by atoms with Crippen molar-refractivity contribution in [1.82, 2.24) is 19.9 Å². The average Bonchev–Trinajstić information content (AvgIpc) is 2.86. The van der Waals surface area contributed by atoms with Crippen LogP contribution < -0.4 is 15.0 Å². The van der Waals surface area contributed by atoms with Gasteiger partial charge in [-0.15, -0.1) is 0 Å². The number of H-pyrrole nitrogens is 1. The van der Waals surface area contributed by atoms with Gasteiger partial charge in [-0.2, -0.15) is 0 Å². The first-order chi connectivity index (χ1) is 18.4. The van der Waals surface area contributed by atoms with Crippen LogP contribution in [0.1, 0.15) is 41.5 Å². The Labute approximate surface area is 237 Å². The van der Waals surface area contributed by atoms with Gasteiger partial charge in [0.25, 0.3) is 5.56 Å². The first-order valence-electron chi connectivity index (χ1n) is 11.9. The summed E-state index contributed by atoms with van der Waals surface area (Å²) in [6.45, 7) is 9.69. The molecule has 0 aliphatic rings. The van der Waals surface area contributed by atoms with Crippen molar-refractivity contribution >= 4 is 53.1 Å². The van der Waals surface area contributed by atoms with E-state index >= 15 is 0 Å². The molecule has 0 aliphatic heterocycles. The van der Waals surface area contributed by atoms with E-state index in [4.69, 9.17) is 21.1 Å². The van der Waals surface area contributed by atoms with Crippen LogP contribution in [0.4, 0.5) is 0 Å². The van der Waals surface area contributed by atoms with E-state index in [1.54, 1.807) is 47.6 Å². The standard InChI is InChI=1S/C13H15ClN2O3S.C13H16N2O4S/c1-13(2,3)20(17,18)11-5-8-9(6-10(11)19-4)15-7-16-12(8)14;1-13(2,3)20(17,18)11-5-8-9(6-10(11)19-4)14-7-15-12(8)16/h5-7H,1-4H3;5-7H,1-4H3,(H,14,15,16). The molecule has 2 heterocycles. The monoisotopic (exact) mass is 610 g/mol. The van der Waals surface area contributed by atoms with Crippen molar-refractivity contribution in [3.8, 4) is 11.5 Å². The minimum absolute atomic E-state index is 0.00139. The lowest BCUT2D eigenvalue weighted by molar-refractivity contribution is 0.402. The van der Waals surface area contributed by atoms with Gasteiger partial charge < -0.3 is 14.5 Å². The second-order valence-corrected chi connectivity index (χ2v) is 16.4. The summed E-state index contributed by atoms with van der Waals surface area (Å²) in [7, 11) is -4.39. The number of benzene rings is 2. The summed E-state index contributed by atoms with van der Waals surface area (Å²) in [6.07, 6.45) is 2.59. The van der Waals surface area contributed by atoms with E-state index in [-0.39, 0.29) is 37.4 Å². The SMILES string of the molecule is COc1cc2nc[nH]c(=O)c2cc1S(=O)(=O)C(C)(C)C.COc1cc2ncnc(Cl)c2cc1S(=O)(=O)C(C)(C)C. The van der Waals surface area contributed by atoms with Gasteiger partial charge in [0.2, 0.25) is 0 Å². The van der Waals surface area contributed by atoms with Gasteiger partial charge in [0.05, 0.1) is 46.5 Å². The summed E-state index contributed by atoms with van der Waals surface area (Å²) in [5, 5.41) is 0.914. The number of nitrogens with zero attached hydrogens (tertiary/aromatic N) is 3. The van der Waals surface area contributed by atoms with E-state index in [0.717, 1.165) is 0 Å². The third-order valence-corrected chi connectivity index (χ3v) is 11.3. The molecule has 4 rings (SSSR count). The lowest BCUT2D eigenvalue weighted by atomic mass is 10.2. The van der Waals surface area contributed by atoms with E-state index in [0.29, 0.717) is 16.4 Å². The molecule has 14 heteroatoms. The van der Waals surface area contributed by atoms with Crippen molar-refractivity contribution in [1.29, 1.82) is 0 Å². The molecule has 2 aromatic heterocycles. The molecule has 4 aromatic rings. The maximum absolute atomic E-state index is 12.6.